The van der Waals surface area contributed by atoms with Crippen molar-refractivity contribution in [2.75, 3.05) is 0 Å². The zero-order valence-corrected chi connectivity index (χ0v) is 8.34. The molecule has 3 unspecified atom stereocenters. The van der Waals surface area contributed by atoms with Gasteiger partial charge >= 0.3 is 18.1 Å². The van der Waals surface area contributed by atoms with Gasteiger partial charge in [-0.3, -0.25) is 9.47 Å². The van der Waals surface area contributed by atoms with Gasteiger partial charge in [-0.1, -0.05) is 0 Å². The summed E-state index contributed by atoms with van der Waals surface area (Å²) < 4.78 is 107. The van der Waals surface area contributed by atoms with Gasteiger partial charge in [0.15, 0.2) is 0 Å². The third-order valence-corrected chi connectivity index (χ3v) is 2.19. The van der Waals surface area contributed by atoms with Gasteiger partial charge in [0.2, 0.25) is 0 Å². The number of hydrogen-bond donors (Lipinski definition) is 0. The van der Waals surface area contributed by atoms with E-state index in [0.29, 0.717) is 0 Å². The maximum absolute atomic E-state index is 13.2. The van der Waals surface area contributed by atoms with Gasteiger partial charge in [0.1, 0.15) is 0 Å². The molecular weight excluding hydrogens is 268 g/mol. The molecule has 0 N–H and O–H groups in total. The van der Waals surface area contributed by atoms with E-state index in [-0.39, 0.29) is 13.8 Å². The smallest absolute Gasteiger partial charge is 0.290 e. The molecular formula is C7H6F8O2. The second-order valence-corrected chi connectivity index (χ2v) is 3.65. The predicted molar refractivity (Wildman–Crippen MR) is 36.0 cm³/mol. The Morgan fingerprint density at radius 3 is 1.47 bits per heavy atom. The molecule has 0 aromatic carbocycles. The van der Waals surface area contributed by atoms with Crippen molar-refractivity contribution < 1.29 is 44.6 Å². The number of hydrogen-bond acceptors (Lipinski definition) is 2. The Balaban J connectivity index is 3.28. The lowest BCUT2D eigenvalue weighted by Crippen LogP contribution is -2.71. The summed E-state index contributed by atoms with van der Waals surface area (Å²) in [4.78, 5) is 0. The van der Waals surface area contributed by atoms with E-state index in [2.05, 4.69) is 9.47 Å². The lowest BCUT2D eigenvalue weighted by atomic mass is 10.1. The molecule has 2 nitrogen and oxygen atoms in total. The summed E-state index contributed by atoms with van der Waals surface area (Å²) in [6.45, 7) is 0.0547. The zero-order chi connectivity index (χ0) is 13.9. The van der Waals surface area contributed by atoms with Crippen LogP contribution >= 0.6 is 0 Å². The number of rotatable bonds is 0. The fourth-order valence-electron chi connectivity index (χ4n) is 1.04. The standard InChI is InChI=1S/C7H6F8O2/c1-3(8)4(2,9)17-7(14,15)5(10,16-3)6(11,12)13/h1-2H3. The van der Waals surface area contributed by atoms with Crippen molar-refractivity contribution in [2.24, 2.45) is 0 Å². The second kappa shape index (κ2) is 3.22. The molecule has 1 fully saturated rings. The molecule has 0 radical (unpaired) electrons. The van der Waals surface area contributed by atoms with Crippen LogP contribution in [0.2, 0.25) is 0 Å². The van der Waals surface area contributed by atoms with Gasteiger partial charge < -0.3 is 0 Å². The lowest BCUT2D eigenvalue weighted by molar-refractivity contribution is -0.568. The third-order valence-electron chi connectivity index (χ3n) is 2.19. The van der Waals surface area contributed by atoms with E-state index in [9.17, 15) is 35.1 Å². The van der Waals surface area contributed by atoms with Crippen molar-refractivity contribution in [3.05, 3.63) is 0 Å². The minimum absolute atomic E-state index is 0.00229. The van der Waals surface area contributed by atoms with Crippen LogP contribution in [0, 0.1) is 0 Å². The maximum atomic E-state index is 13.2. The monoisotopic (exact) mass is 274 g/mol. The van der Waals surface area contributed by atoms with Crippen molar-refractivity contribution in [1.29, 1.82) is 0 Å². The third kappa shape index (κ3) is 1.86. The van der Waals surface area contributed by atoms with Gasteiger partial charge in [0.25, 0.3) is 11.7 Å². The van der Waals surface area contributed by atoms with Crippen LogP contribution in [-0.4, -0.2) is 29.8 Å². The first-order chi connectivity index (χ1) is 7.16. The highest BCUT2D eigenvalue weighted by Gasteiger charge is 2.83. The van der Waals surface area contributed by atoms with Crippen LogP contribution in [0.1, 0.15) is 13.8 Å². The number of ether oxygens (including phenoxy) is 2. The van der Waals surface area contributed by atoms with Crippen LogP contribution in [0.15, 0.2) is 0 Å². The molecule has 1 aliphatic heterocycles. The molecule has 0 aliphatic carbocycles. The van der Waals surface area contributed by atoms with Gasteiger partial charge in [-0.15, -0.1) is 0 Å². The molecule has 1 heterocycles. The Morgan fingerprint density at radius 1 is 0.765 bits per heavy atom. The fourth-order valence-corrected chi connectivity index (χ4v) is 1.04. The topological polar surface area (TPSA) is 18.5 Å². The van der Waals surface area contributed by atoms with E-state index < -0.39 is 29.8 Å². The van der Waals surface area contributed by atoms with Crippen LogP contribution in [0.4, 0.5) is 35.1 Å². The van der Waals surface area contributed by atoms with Crippen LogP contribution < -0.4 is 0 Å². The Morgan fingerprint density at radius 2 is 1.12 bits per heavy atom. The summed E-state index contributed by atoms with van der Waals surface area (Å²) in [6, 6.07) is 0. The Hall–Kier alpha value is -0.640. The van der Waals surface area contributed by atoms with Crippen molar-refractivity contribution in [2.45, 2.75) is 43.7 Å². The normalized spacial score (nSPS) is 46.9. The van der Waals surface area contributed by atoms with Crippen molar-refractivity contribution in [3.8, 4) is 0 Å². The van der Waals surface area contributed by atoms with Gasteiger partial charge in [0, 0.05) is 13.8 Å². The molecule has 1 rings (SSSR count). The van der Waals surface area contributed by atoms with E-state index in [1.807, 2.05) is 0 Å². The van der Waals surface area contributed by atoms with Gasteiger partial charge in [-0.05, 0) is 0 Å². The first-order valence-electron chi connectivity index (χ1n) is 4.08. The highest BCUT2D eigenvalue weighted by atomic mass is 19.4. The molecule has 0 aromatic heterocycles. The average molecular weight is 274 g/mol. The Kier molecular flexibility index (Phi) is 2.73. The quantitative estimate of drug-likeness (QED) is 0.631. The molecule has 0 amide bonds. The van der Waals surface area contributed by atoms with E-state index >= 15 is 0 Å². The molecule has 102 valence electrons. The SMILES string of the molecule is CC1(F)OC(F)(F)C(F)(C(F)(F)F)OC1(C)F. The molecule has 0 bridgehead atoms. The maximum Gasteiger partial charge on any atom is 0.458 e. The first kappa shape index (κ1) is 14.4. The molecule has 0 saturated carbocycles. The van der Waals surface area contributed by atoms with Crippen LogP contribution in [0.5, 0.6) is 0 Å². The van der Waals surface area contributed by atoms with Crippen LogP contribution in [0.3, 0.4) is 0 Å². The predicted octanol–water partition coefficient (Wildman–Crippen LogP) is 3.23. The first-order valence-corrected chi connectivity index (χ1v) is 4.08. The molecule has 17 heavy (non-hydrogen) atoms. The fraction of sp³-hybridized carbons (Fsp3) is 1.00. The molecule has 3 atom stereocenters. The summed E-state index contributed by atoms with van der Waals surface area (Å²) in [5.41, 5.74) is 0. The number of alkyl halides is 8. The van der Waals surface area contributed by atoms with E-state index in [0.717, 1.165) is 0 Å². The van der Waals surface area contributed by atoms with Crippen molar-refractivity contribution in [1.82, 2.24) is 0 Å². The molecule has 0 aromatic rings. The average Bonchev–Trinajstić information content (AvgIpc) is 1.95. The van der Waals surface area contributed by atoms with Gasteiger partial charge in [-0.2, -0.15) is 26.3 Å². The van der Waals surface area contributed by atoms with E-state index in [1.165, 1.54) is 0 Å². The minimum atomic E-state index is -6.31. The lowest BCUT2D eigenvalue weighted by Gasteiger charge is -2.47. The largest absolute Gasteiger partial charge is 0.458 e. The molecule has 0 spiro atoms. The van der Waals surface area contributed by atoms with Crippen LogP contribution in [-0.2, 0) is 9.47 Å². The summed E-state index contributed by atoms with van der Waals surface area (Å²) in [6.07, 6.45) is -12.0. The molecule has 1 aliphatic rings. The summed E-state index contributed by atoms with van der Waals surface area (Å²) in [7, 11) is 0. The summed E-state index contributed by atoms with van der Waals surface area (Å²) in [5, 5.41) is 0. The second-order valence-electron chi connectivity index (χ2n) is 3.65. The highest BCUT2D eigenvalue weighted by Crippen LogP contribution is 2.56. The highest BCUT2D eigenvalue weighted by molar-refractivity contribution is 4.97. The van der Waals surface area contributed by atoms with Crippen molar-refractivity contribution >= 4 is 0 Å². The van der Waals surface area contributed by atoms with Crippen LogP contribution in [0.25, 0.3) is 0 Å². The summed E-state index contributed by atoms with van der Waals surface area (Å²) in [5.74, 6) is -13.8. The number of halogens is 8. The summed E-state index contributed by atoms with van der Waals surface area (Å²) >= 11 is 0. The van der Waals surface area contributed by atoms with E-state index in [1.54, 1.807) is 0 Å². The van der Waals surface area contributed by atoms with Gasteiger partial charge in [0.05, 0.1) is 0 Å². The minimum Gasteiger partial charge on any atom is -0.290 e. The van der Waals surface area contributed by atoms with E-state index in [4.69, 9.17) is 0 Å². The molecule has 1 saturated heterocycles. The van der Waals surface area contributed by atoms with Gasteiger partial charge in [-0.25, -0.2) is 8.78 Å². The molecule has 10 heteroatoms. The zero-order valence-electron chi connectivity index (χ0n) is 8.34. The Bertz CT molecular complexity index is 322. The Labute approximate surface area is 89.5 Å². The van der Waals surface area contributed by atoms with Crippen molar-refractivity contribution in [3.63, 3.8) is 0 Å².